The molecule has 4 rings (SSSR count). The third-order valence-electron chi connectivity index (χ3n) is 5.09. The zero-order chi connectivity index (χ0) is 18.1. The van der Waals surface area contributed by atoms with E-state index in [0.29, 0.717) is 0 Å². The Morgan fingerprint density at radius 1 is 0.926 bits per heavy atom. The maximum Gasteiger partial charge on any atom is 0.0945 e. The summed E-state index contributed by atoms with van der Waals surface area (Å²) in [6.07, 6.45) is 4.03. The highest BCUT2D eigenvalue weighted by atomic mass is 35.5. The van der Waals surface area contributed by atoms with Crippen LogP contribution in [0, 0.1) is 13.8 Å². The first-order chi connectivity index (χ1) is 12.7. The van der Waals surface area contributed by atoms with Crippen LogP contribution in [0.3, 0.4) is 0 Å². The molecule has 0 spiro atoms. The van der Waals surface area contributed by atoms with Gasteiger partial charge in [0.15, 0.2) is 0 Å². The number of halogens is 1. The molecule has 0 unspecified atom stereocenters. The number of hydrogen-bond acceptors (Lipinski definition) is 2. The highest BCUT2D eigenvalue weighted by Crippen LogP contribution is 2.33. The van der Waals surface area contributed by atoms with Crippen molar-refractivity contribution in [1.82, 2.24) is 9.55 Å². The Morgan fingerprint density at radius 2 is 1.63 bits per heavy atom. The van der Waals surface area contributed by atoms with Crippen LogP contribution in [0.15, 0.2) is 71.8 Å². The zero-order valence-corrected chi connectivity index (χ0v) is 17.4. The monoisotopic (exact) mass is 394 g/mol. The topological polar surface area (TPSA) is 17.8 Å². The van der Waals surface area contributed by atoms with Crippen molar-refractivity contribution in [2.24, 2.45) is 0 Å². The van der Waals surface area contributed by atoms with E-state index in [0.717, 1.165) is 12.2 Å². The molecule has 0 aliphatic carbocycles. The van der Waals surface area contributed by atoms with Crippen molar-refractivity contribution < 1.29 is 0 Å². The van der Waals surface area contributed by atoms with Gasteiger partial charge in [-0.25, -0.2) is 0 Å². The van der Waals surface area contributed by atoms with Gasteiger partial charge in [-0.2, -0.15) is 0 Å². The average Bonchev–Trinajstić information content (AvgIpc) is 2.94. The molecule has 2 aromatic heterocycles. The summed E-state index contributed by atoms with van der Waals surface area (Å²) in [5.74, 6) is 0. The lowest BCUT2D eigenvalue weighted by Crippen LogP contribution is -2.03. The van der Waals surface area contributed by atoms with Gasteiger partial charge in [-0.05, 0) is 49.4 Å². The van der Waals surface area contributed by atoms with Crippen molar-refractivity contribution in [2.45, 2.75) is 25.3 Å². The lowest BCUT2D eigenvalue weighted by atomic mass is 10.1. The third kappa shape index (κ3) is 3.62. The quantitative estimate of drug-likeness (QED) is 0.367. The number of pyridine rings is 1. The van der Waals surface area contributed by atoms with Crippen LogP contribution in [0.5, 0.6) is 0 Å². The normalized spacial score (nSPS) is 10.8. The van der Waals surface area contributed by atoms with Crippen LogP contribution in [0.2, 0.25) is 0 Å². The Bertz CT molecular complexity index is 1050. The van der Waals surface area contributed by atoms with E-state index in [2.05, 4.69) is 85.3 Å². The lowest BCUT2D eigenvalue weighted by molar-refractivity contribution is 0.800. The average molecular weight is 395 g/mol. The molecule has 2 heterocycles. The summed E-state index contributed by atoms with van der Waals surface area (Å²) in [6, 6.07) is 21.5. The molecule has 0 amide bonds. The van der Waals surface area contributed by atoms with Crippen LogP contribution in [0.1, 0.15) is 16.8 Å². The van der Waals surface area contributed by atoms with Gasteiger partial charge < -0.3 is 4.57 Å². The van der Waals surface area contributed by atoms with Gasteiger partial charge in [0, 0.05) is 34.3 Å². The fourth-order valence-electron chi connectivity index (χ4n) is 3.52. The maximum absolute atomic E-state index is 4.76. The van der Waals surface area contributed by atoms with Crippen LogP contribution in [0.4, 0.5) is 0 Å². The van der Waals surface area contributed by atoms with Crippen molar-refractivity contribution in [3.05, 3.63) is 83.7 Å². The van der Waals surface area contributed by atoms with Crippen LogP contribution >= 0.6 is 24.2 Å². The van der Waals surface area contributed by atoms with Crippen LogP contribution < -0.4 is 0 Å². The summed E-state index contributed by atoms with van der Waals surface area (Å²) in [5, 5.41) is 1.29. The summed E-state index contributed by atoms with van der Waals surface area (Å²) >= 11 is 1.76. The Morgan fingerprint density at radius 3 is 2.30 bits per heavy atom. The van der Waals surface area contributed by atoms with Gasteiger partial charge >= 0.3 is 0 Å². The number of rotatable bonds is 4. The van der Waals surface area contributed by atoms with Crippen molar-refractivity contribution >= 4 is 35.1 Å². The SMILES string of the molecule is CSc1ccc(-c2nccc3c(C)c(C)n(Cc4ccccc4)c23)cc1.Cl. The standard InChI is InChI=1S/C23H22N2S.ClH/c1-16-17(2)25(15-18-7-5-4-6-8-18)23-21(16)13-14-24-22(23)19-9-11-20(26-3)12-10-19;/h4-14H,15H2,1-3H3;1H. The number of thioether (sulfide) groups is 1. The molecule has 27 heavy (non-hydrogen) atoms. The number of aryl methyl sites for hydroxylation is 1. The van der Waals surface area contributed by atoms with E-state index in [-0.39, 0.29) is 12.4 Å². The van der Waals surface area contributed by atoms with Gasteiger partial charge in [0.1, 0.15) is 0 Å². The van der Waals surface area contributed by atoms with E-state index in [1.54, 1.807) is 11.8 Å². The van der Waals surface area contributed by atoms with Crippen LogP contribution in [0.25, 0.3) is 22.2 Å². The van der Waals surface area contributed by atoms with E-state index in [1.165, 1.54) is 38.2 Å². The minimum Gasteiger partial charge on any atom is -0.338 e. The molecule has 0 fully saturated rings. The van der Waals surface area contributed by atoms with E-state index < -0.39 is 0 Å². The van der Waals surface area contributed by atoms with Gasteiger partial charge in [0.25, 0.3) is 0 Å². The molecule has 2 nitrogen and oxygen atoms in total. The number of hydrogen-bond donors (Lipinski definition) is 0. The molecule has 0 aliphatic heterocycles. The van der Waals surface area contributed by atoms with Crippen molar-refractivity contribution in [2.75, 3.05) is 6.26 Å². The Labute approximate surface area is 171 Å². The molecule has 0 saturated heterocycles. The molecule has 4 aromatic rings. The van der Waals surface area contributed by atoms with E-state index in [4.69, 9.17) is 4.98 Å². The second kappa shape index (κ2) is 8.20. The summed E-state index contributed by atoms with van der Waals surface area (Å²) in [7, 11) is 0. The number of fused-ring (bicyclic) bond motifs is 1. The molecule has 2 aromatic carbocycles. The number of aromatic nitrogens is 2. The fraction of sp³-hybridized carbons (Fsp3) is 0.174. The predicted octanol–water partition coefficient (Wildman–Crippen LogP) is 6.51. The smallest absolute Gasteiger partial charge is 0.0945 e. The third-order valence-corrected chi connectivity index (χ3v) is 5.84. The van der Waals surface area contributed by atoms with E-state index in [9.17, 15) is 0 Å². The zero-order valence-electron chi connectivity index (χ0n) is 15.8. The van der Waals surface area contributed by atoms with Crippen molar-refractivity contribution in [3.8, 4) is 11.3 Å². The Kier molecular flexibility index (Phi) is 5.93. The largest absolute Gasteiger partial charge is 0.338 e. The highest BCUT2D eigenvalue weighted by molar-refractivity contribution is 7.98. The first-order valence-corrected chi connectivity index (χ1v) is 10.0. The van der Waals surface area contributed by atoms with Crippen molar-refractivity contribution in [3.63, 3.8) is 0 Å². The highest BCUT2D eigenvalue weighted by Gasteiger charge is 2.16. The molecular formula is C23H23ClN2S. The second-order valence-electron chi connectivity index (χ2n) is 6.57. The van der Waals surface area contributed by atoms with Gasteiger partial charge in [0.2, 0.25) is 0 Å². The van der Waals surface area contributed by atoms with Crippen LogP contribution in [-0.2, 0) is 6.54 Å². The lowest BCUT2D eigenvalue weighted by Gasteiger charge is -2.12. The molecule has 4 heteroatoms. The summed E-state index contributed by atoms with van der Waals surface area (Å²) < 4.78 is 2.41. The fourth-order valence-corrected chi connectivity index (χ4v) is 3.93. The van der Waals surface area contributed by atoms with Gasteiger partial charge in [0.05, 0.1) is 11.2 Å². The van der Waals surface area contributed by atoms with Crippen LogP contribution in [-0.4, -0.2) is 15.8 Å². The van der Waals surface area contributed by atoms with Gasteiger partial charge in [-0.3, -0.25) is 4.98 Å². The van der Waals surface area contributed by atoms with Crippen molar-refractivity contribution in [1.29, 1.82) is 0 Å². The molecule has 0 saturated carbocycles. The molecule has 0 bridgehead atoms. The molecule has 0 N–H and O–H groups in total. The first kappa shape index (κ1) is 19.5. The molecular weight excluding hydrogens is 372 g/mol. The number of nitrogens with zero attached hydrogens (tertiary/aromatic N) is 2. The first-order valence-electron chi connectivity index (χ1n) is 8.82. The van der Waals surface area contributed by atoms with Gasteiger partial charge in [-0.15, -0.1) is 24.2 Å². The van der Waals surface area contributed by atoms with E-state index >= 15 is 0 Å². The minimum atomic E-state index is 0. The maximum atomic E-state index is 4.76. The van der Waals surface area contributed by atoms with Gasteiger partial charge in [-0.1, -0.05) is 42.5 Å². The Hall–Kier alpha value is -2.23. The molecule has 0 radical (unpaired) electrons. The molecule has 0 aliphatic rings. The predicted molar refractivity (Wildman–Crippen MR) is 119 cm³/mol. The summed E-state index contributed by atoms with van der Waals surface area (Å²) in [6.45, 7) is 5.28. The Balaban J connectivity index is 0.00000210. The minimum absolute atomic E-state index is 0. The van der Waals surface area contributed by atoms with E-state index in [1.807, 2.05) is 6.20 Å². The summed E-state index contributed by atoms with van der Waals surface area (Å²) in [5.41, 5.74) is 7.39. The number of benzene rings is 2. The molecule has 138 valence electrons. The molecule has 0 atom stereocenters. The second-order valence-corrected chi connectivity index (χ2v) is 7.45. The summed E-state index contributed by atoms with van der Waals surface area (Å²) in [4.78, 5) is 6.03.